The number of nitrogens with zero attached hydrogens (tertiary/aromatic N) is 4. The zero-order chi connectivity index (χ0) is 20.1. The van der Waals surface area contributed by atoms with Crippen molar-refractivity contribution >= 4 is 60.2 Å². The van der Waals surface area contributed by atoms with Crippen molar-refractivity contribution in [2.75, 3.05) is 18.4 Å². The number of hydrogen-bond acceptors (Lipinski definition) is 7. The van der Waals surface area contributed by atoms with Gasteiger partial charge in [0.25, 0.3) is 5.95 Å². The number of ether oxygens (including phenoxy) is 2. The molecular formula is C18H20Cl4N6O2. The first-order chi connectivity index (χ1) is 13.5. The summed E-state index contributed by atoms with van der Waals surface area (Å²) in [6, 6.07) is 10.7. The third kappa shape index (κ3) is 6.30. The van der Waals surface area contributed by atoms with Crippen LogP contribution in [0.2, 0.25) is 10.0 Å². The van der Waals surface area contributed by atoms with Gasteiger partial charge in [-0.25, -0.2) is 10.1 Å². The highest BCUT2D eigenvalue weighted by Gasteiger charge is 2.08. The number of halogens is 4. The van der Waals surface area contributed by atoms with Crippen LogP contribution < -0.4 is 20.7 Å². The first-order valence-corrected chi connectivity index (χ1v) is 8.94. The lowest BCUT2D eigenvalue weighted by atomic mass is 10.2. The normalized spacial score (nSPS) is 10.3. The van der Waals surface area contributed by atoms with Crippen LogP contribution >= 0.6 is 48.0 Å². The Morgan fingerprint density at radius 3 is 2.53 bits per heavy atom. The van der Waals surface area contributed by atoms with Crippen molar-refractivity contribution in [3.8, 4) is 11.5 Å². The molecule has 3 N–H and O–H groups in total. The highest BCUT2D eigenvalue weighted by atomic mass is 35.5. The number of nitrogens with one attached hydrogen (secondary N) is 1. The van der Waals surface area contributed by atoms with Crippen molar-refractivity contribution in [2.24, 2.45) is 5.10 Å². The first kappa shape index (κ1) is 25.6. The summed E-state index contributed by atoms with van der Waals surface area (Å²) < 4.78 is 12.5. The maximum absolute atomic E-state index is 6.17. The van der Waals surface area contributed by atoms with Crippen molar-refractivity contribution in [1.29, 1.82) is 0 Å². The summed E-state index contributed by atoms with van der Waals surface area (Å²) >= 11 is 12.1. The highest BCUT2D eigenvalue weighted by molar-refractivity contribution is 6.35. The molecule has 3 aromatic rings. The number of nitrogens with two attached hydrogens (primary N) is 1. The minimum absolute atomic E-state index is 0. The number of aromatic nitrogens is 3. The maximum atomic E-state index is 6.17. The van der Waals surface area contributed by atoms with Gasteiger partial charge in [-0.1, -0.05) is 29.3 Å². The third-order valence-corrected chi connectivity index (χ3v) is 4.42. The average Bonchev–Trinajstić information content (AvgIpc) is 3.00. The average molecular weight is 494 g/mol. The van der Waals surface area contributed by atoms with E-state index >= 15 is 0 Å². The SMILES string of the molecule is COc1cc(/C=N/Nc2nnc(C)n2N)ccc1OCc1ccc(Cl)cc1Cl.Cl.Cl. The molecule has 0 aliphatic carbocycles. The minimum Gasteiger partial charge on any atom is -0.493 e. The Kier molecular flexibility index (Phi) is 10.0. The monoisotopic (exact) mass is 492 g/mol. The summed E-state index contributed by atoms with van der Waals surface area (Å²) in [4.78, 5) is 0. The number of anilines is 1. The van der Waals surface area contributed by atoms with Crippen LogP contribution in [-0.2, 0) is 6.61 Å². The Balaban J connectivity index is 0.00000225. The quantitative estimate of drug-likeness (QED) is 0.286. The summed E-state index contributed by atoms with van der Waals surface area (Å²) in [7, 11) is 1.57. The Hall–Kier alpha value is -2.39. The molecule has 0 spiro atoms. The standard InChI is InChI=1S/C18H18Cl2N6O2.2ClH/c1-11-23-25-18(26(11)21)24-22-9-12-3-6-16(17(7-12)27-2)28-10-13-4-5-14(19)8-15(13)20;;/h3-9H,10,21H2,1-2H3,(H,24,25);2*1H/b22-9+;;. The lowest BCUT2D eigenvalue weighted by Crippen LogP contribution is -2.13. The van der Waals surface area contributed by atoms with E-state index in [1.54, 1.807) is 44.5 Å². The van der Waals surface area contributed by atoms with Crippen LogP contribution in [0.15, 0.2) is 41.5 Å². The second kappa shape index (κ2) is 11.7. The molecule has 1 heterocycles. The molecule has 0 fully saturated rings. The highest BCUT2D eigenvalue weighted by Crippen LogP contribution is 2.29. The molecule has 0 saturated carbocycles. The van der Waals surface area contributed by atoms with E-state index in [0.717, 1.165) is 11.1 Å². The lowest BCUT2D eigenvalue weighted by Gasteiger charge is -2.12. The molecule has 0 atom stereocenters. The van der Waals surface area contributed by atoms with Gasteiger partial charge >= 0.3 is 0 Å². The van der Waals surface area contributed by atoms with Gasteiger partial charge in [0.15, 0.2) is 17.3 Å². The van der Waals surface area contributed by atoms with E-state index in [1.165, 1.54) is 4.68 Å². The van der Waals surface area contributed by atoms with Crippen molar-refractivity contribution in [3.63, 3.8) is 0 Å². The fourth-order valence-corrected chi connectivity index (χ4v) is 2.75. The molecule has 0 saturated heterocycles. The molecule has 1 aromatic heterocycles. The van der Waals surface area contributed by atoms with E-state index < -0.39 is 0 Å². The molecule has 3 rings (SSSR count). The summed E-state index contributed by atoms with van der Waals surface area (Å²) in [6.45, 7) is 2.02. The van der Waals surface area contributed by atoms with Gasteiger partial charge in [0, 0.05) is 15.6 Å². The number of hydrogen-bond donors (Lipinski definition) is 2. The zero-order valence-electron chi connectivity index (χ0n) is 16.0. The predicted molar refractivity (Wildman–Crippen MR) is 124 cm³/mol. The van der Waals surface area contributed by atoms with Crippen LogP contribution in [0.1, 0.15) is 17.0 Å². The molecule has 0 aliphatic rings. The Labute approximate surface area is 196 Å². The zero-order valence-corrected chi connectivity index (χ0v) is 19.1. The number of benzene rings is 2. The molecule has 162 valence electrons. The van der Waals surface area contributed by atoms with Gasteiger partial charge in [-0.15, -0.1) is 35.0 Å². The van der Waals surface area contributed by atoms with E-state index in [9.17, 15) is 0 Å². The molecule has 0 radical (unpaired) electrons. The summed E-state index contributed by atoms with van der Waals surface area (Å²) in [5.41, 5.74) is 4.34. The predicted octanol–water partition coefficient (Wildman–Crippen LogP) is 4.48. The van der Waals surface area contributed by atoms with Crippen LogP contribution in [0.5, 0.6) is 11.5 Å². The summed E-state index contributed by atoms with van der Waals surface area (Å²) in [5, 5.41) is 12.9. The van der Waals surface area contributed by atoms with Gasteiger partial charge in [-0.3, -0.25) is 0 Å². The first-order valence-electron chi connectivity index (χ1n) is 8.19. The van der Waals surface area contributed by atoms with E-state index in [1.807, 2.05) is 12.1 Å². The summed E-state index contributed by atoms with van der Waals surface area (Å²) in [5.74, 6) is 7.80. The number of hydrazone groups is 1. The Bertz CT molecular complexity index is 1010. The van der Waals surface area contributed by atoms with Crippen molar-refractivity contribution in [3.05, 3.63) is 63.4 Å². The molecule has 0 aliphatic heterocycles. The molecule has 12 heteroatoms. The Morgan fingerprint density at radius 2 is 1.90 bits per heavy atom. The fourth-order valence-electron chi connectivity index (χ4n) is 2.29. The van der Waals surface area contributed by atoms with Gasteiger partial charge in [-0.05, 0) is 42.8 Å². The largest absolute Gasteiger partial charge is 0.493 e. The molecule has 0 bridgehead atoms. The van der Waals surface area contributed by atoms with Gasteiger partial charge in [0.05, 0.1) is 13.3 Å². The van der Waals surface area contributed by atoms with Crippen LogP contribution in [0.25, 0.3) is 0 Å². The smallest absolute Gasteiger partial charge is 0.263 e. The topological polar surface area (TPSA) is 99.6 Å². The molecular weight excluding hydrogens is 474 g/mol. The van der Waals surface area contributed by atoms with Crippen LogP contribution in [-0.4, -0.2) is 28.2 Å². The van der Waals surface area contributed by atoms with Crippen molar-refractivity contribution in [2.45, 2.75) is 13.5 Å². The lowest BCUT2D eigenvalue weighted by molar-refractivity contribution is 0.284. The van der Waals surface area contributed by atoms with E-state index in [2.05, 4.69) is 20.7 Å². The van der Waals surface area contributed by atoms with E-state index in [-0.39, 0.29) is 31.4 Å². The van der Waals surface area contributed by atoms with Gasteiger partial charge in [-0.2, -0.15) is 5.10 Å². The molecule has 0 amide bonds. The van der Waals surface area contributed by atoms with Crippen LogP contribution in [0.3, 0.4) is 0 Å². The molecule has 30 heavy (non-hydrogen) atoms. The number of rotatable bonds is 7. The molecule has 8 nitrogen and oxygen atoms in total. The number of methoxy groups -OCH3 is 1. The second-order valence-corrected chi connectivity index (χ2v) is 6.59. The van der Waals surface area contributed by atoms with Crippen LogP contribution in [0.4, 0.5) is 5.95 Å². The van der Waals surface area contributed by atoms with Gasteiger partial charge in [0.2, 0.25) is 0 Å². The second-order valence-electron chi connectivity index (χ2n) is 5.75. The summed E-state index contributed by atoms with van der Waals surface area (Å²) in [6.07, 6.45) is 1.60. The maximum Gasteiger partial charge on any atom is 0.263 e. The number of nitrogen functional groups attached to an aromatic ring is 1. The minimum atomic E-state index is 0. The van der Waals surface area contributed by atoms with Gasteiger partial charge < -0.3 is 15.3 Å². The van der Waals surface area contributed by atoms with Crippen molar-refractivity contribution < 1.29 is 9.47 Å². The Morgan fingerprint density at radius 1 is 1.13 bits per heavy atom. The third-order valence-electron chi connectivity index (χ3n) is 3.83. The molecule has 2 aromatic carbocycles. The van der Waals surface area contributed by atoms with E-state index in [4.69, 9.17) is 38.5 Å². The van der Waals surface area contributed by atoms with Crippen molar-refractivity contribution in [1.82, 2.24) is 14.9 Å². The number of aryl methyl sites for hydroxylation is 1. The van der Waals surface area contributed by atoms with E-state index in [0.29, 0.717) is 33.3 Å². The van der Waals surface area contributed by atoms with Crippen LogP contribution in [0, 0.1) is 6.92 Å². The molecule has 0 unspecified atom stereocenters. The fraction of sp³-hybridized carbons (Fsp3) is 0.167. The van der Waals surface area contributed by atoms with Gasteiger partial charge in [0.1, 0.15) is 6.61 Å².